The molecule has 4 N–H and O–H groups in total. The molecule has 0 saturated heterocycles. The molecule has 0 atom stereocenters. The van der Waals surface area contributed by atoms with Crippen molar-refractivity contribution in [3.05, 3.63) is 29.4 Å². The molecule has 0 radical (unpaired) electrons. The molecule has 0 unspecified atom stereocenters. The Bertz CT molecular complexity index is 497. The second-order valence-corrected chi connectivity index (χ2v) is 3.54. The number of aromatic nitrogens is 2. The fraction of sp³-hybridized carbons (Fsp3) is 0.100. The van der Waals surface area contributed by atoms with Crippen LogP contribution in [0.3, 0.4) is 0 Å². The van der Waals surface area contributed by atoms with Crippen molar-refractivity contribution in [3.8, 4) is 17.0 Å². The molecular formula is C10H11ClN4O. The summed E-state index contributed by atoms with van der Waals surface area (Å²) in [4.78, 5) is 7.00. The first kappa shape index (κ1) is 10.8. The average molecular weight is 239 g/mol. The number of benzene rings is 1. The molecule has 1 aromatic carbocycles. The Balaban J connectivity index is 2.40. The van der Waals surface area contributed by atoms with Crippen LogP contribution in [0, 0.1) is 0 Å². The number of nitrogens with zero attached hydrogens (tertiary/aromatic N) is 1. The van der Waals surface area contributed by atoms with E-state index in [9.17, 15) is 0 Å². The third-order valence-corrected chi connectivity index (χ3v) is 2.49. The number of imidazole rings is 1. The molecule has 84 valence electrons. The molecule has 1 heterocycles. The van der Waals surface area contributed by atoms with E-state index in [1.165, 1.54) is 0 Å². The fourth-order valence-electron chi connectivity index (χ4n) is 1.37. The highest BCUT2D eigenvalue weighted by atomic mass is 35.5. The van der Waals surface area contributed by atoms with Crippen LogP contribution in [0.2, 0.25) is 5.02 Å². The maximum absolute atomic E-state index is 6.12. The van der Waals surface area contributed by atoms with Crippen LogP contribution >= 0.6 is 11.6 Å². The molecule has 0 saturated carbocycles. The quantitative estimate of drug-likeness (QED) is 0.565. The van der Waals surface area contributed by atoms with Gasteiger partial charge in [0, 0.05) is 5.56 Å². The number of hydrogen-bond donors (Lipinski definition) is 3. The minimum Gasteiger partial charge on any atom is -0.497 e. The van der Waals surface area contributed by atoms with E-state index >= 15 is 0 Å². The number of halogens is 1. The second-order valence-electron chi connectivity index (χ2n) is 3.14. The molecule has 0 bridgehead atoms. The zero-order valence-corrected chi connectivity index (χ0v) is 9.38. The van der Waals surface area contributed by atoms with Gasteiger partial charge < -0.3 is 9.72 Å². The number of hydrogen-bond acceptors (Lipinski definition) is 4. The summed E-state index contributed by atoms with van der Waals surface area (Å²) in [6.07, 6.45) is 1.66. The smallest absolute Gasteiger partial charge is 0.215 e. The third-order valence-electron chi connectivity index (χ3n) is 2.18. The first-order valence-corrected chi connectivity index (χ1v) is 4.98. The van der Waals surface area contributed by atoms with Gasteiger partial charge in [0.25, 0.3) is 0 Å². The number of methoxy groups -OCH3 is 1. The van der Waals surface area contributed by atoms with Crippen molar-refractivity contribution >= 4 is 17.5 Å². The van der Waals surface area contributed by atoms with E-state index in [1.54, 1.807) is 19.4 Å². The first-order chi connectivity index (χ1) is 7.74. The number of aromatic amines is 1. The summed E-state index contributed by atoms with van der Waals surface area (Å²) in [7, 11) is 1.60. The van der Waals surface area contributed by atoms with Gasteiger partial charge in [-0.25, -0.2) is 10.8 Å². The molecule has 0 amide bonds. The largest absolute Gasteiger partial charge is 0.497 e. The van der Waals surface area contributed by atoms with Crippen molar-refractivity contribution in [3.63, 3.8) is 0 Å². The van der Waals surface area contributed by atoms with Crippen molar-refractivity contribution in [1.82, 2.24) is 9.97 Å². The predicted molar refractivity (Wildman–Crippen MR) is 63.4 cm³/mol. The zero-order valence-electron chi connectivity index (χ0n) is 8.62. The summed E-state index contributed by atoms with van der Waals surface area (Å²) in [5.41, 5.74) is 4.06. The molecule has 2 rings (SSSR count). The van der Waals surface area contributed by atoms with Crippen molar-refractivity contribution < 1.29 is 4.74 Å². The van der Waals surface area contributed by atoms with E-state index in [1.807, 2.05) is 12.1 Å². The van der Waals surface area contributed by atoms with Crippen LogP contribution < -0.4 is 16.0 Å². The lowest BCUT2D eigenvalue weighted by Gasteiger charge is -2.04. The highest BCUT2D eigenvalue weighted by Gasteiger charge is 2.07. The Morgan fingerprint density at radius 1 is 1.50 bits per heavy atom. The Hall–Kier alpha value is -1.72. The highest BCUT2D eigenvalue weighted by molar-refractivity contribution is 6.33. The summed E-state index contributed by atoms with van der Waals surface area (Å²) in [6.45, 7) is 0. The molecule has 1 aromatic heterocycles. The maximum Gasteiger partial charge on any atom is 0.215 e. The summed E-state index contributed by atoms with van der Waals surface area (Å²) in [5.74, 6) is 6.43. The molecule has 0 aliphatic rings. The highest BCUT2D eigenvalue weighted by Crippen LogP contribution is 2.30. The van der Waals surface area contributed by atoms with Crippen molar-refractivity contribution in [1.29, 1.82) is 0 Å². The molecule has 0 spiro atoms. The molecule has 6 heteroatoms. The minimum atomic E-state index is 0.488. The average Bonchev–Trinajstić information content (AvgIpc) is 2.77. The number of rotatable bonds is 3. The Labute approximate surface area is 97.6 Å². The number of nitrogens with two attached hydrogens (primary N) is 1. The van der Waals surface area contributed by atoms with Crippen LogP contribution in [-0.2, 0) is 0 Å². The van der Waals surface area contributed by atoms with Crippen molar-refractivity contribution in [2.24, 2.45) is 5.84 Å². The molecule has 0 aliphatic carbocycles. The van der Waals surface area contributed by atoms with Crippen LogP contribution in [0.5, 0.6) is 5.75 Å². The molecule has 16 heavy (non-hydrogen) atoms. The van der Waals surface area contributed by atoms with Crippen LogP contribution in [0.25, 0.3) is 11.3 Å². The second kappa shape index (κ2) is 4.42. The number of nitrogens with one attached hydrogen (secondary N) is 2. The Kier molecular flexibility index (Phi) is 2.98. The van der Waals surface area contributed by atoms with Gasteiger partial charge in [-0.3, -0.25) is 5.43 Å². The Morgan fingerprint density at radius 2 is 2.31 bits per heavy atom. The van der Waals surface area contributed by atoms with Crippen LogP contribution in [0.1, 0.15) is 0 Å². The van der Waals surface area contributed by atoms with Crippen molar-refractivity contribution in [2.75, 3.05) is 12.5 Å². The molecule has 0 fully saturated rings. The van der Waals surface area contributed by atoms with E-state index < -0.39 is 0 Å². The van der Waals surface area contributed by atoms with Gasteiger partial charge >= 0.3 is 0 Å². The number of nitrogen functional groups attached to an aromatic ring is 1. The van der Waals surface area contributed by atoms with Gasteiger partial charge in [-0.1, -0.05) is 11.6 Å². The molecular weight excluding hydrogens is 228 g/mol. The van der Waals surface area contributed by atoms with E-state index in [0.29, 0.717) is 16.7 Å². The third kappa shape index (κ3) is 1.95. The molecule has 0 aliphatic heterocycles. The lowest BCUT2D eigenvalue weighted by molar-refractivity contribution is 0.415. The predicted octanol–water partition coefficient (Wildman–Crippen LogP) is 2.02. The Morgan fingerprint density at radius 3 is 2.88 bits per heavy atom. The van der Waals surface area contributed by atoms with Crippen molar-refractivity contribution in [2.45, 2.75) is 0 Å². The van der Waals surface area contributed by atoms with E-state index in [-0.39, 0.29) is 0 Å². The number of hydrazine groups is 1. The van der Waals surface area contributed by atoms with E-state index in [2.05, 4.69) is 15.4 Å². The number of H-pyrrole nitrogens is 1. The zero-order chi connectivity index (χ0) is 11.5. The lowest BCUT2D eigenvalue weighted by Crippen LogP contribution is -2.07. The van der Waals surface area contributed by atoms with Gasteiger partial charge in [0.1, 0.15) is 5.75 Å². The summed E-state index contributed by atoms with van der Waals surface area (Å²) in [6, 6.07) is 5.43. The monoisotopic (exact) mass is 238 g/mol. The number of anilines is 1. The van der Waals surface area contributed by atoms with Crippen LogP contribution in [0.4, 0.5) is 5.95 Å². The summed E-state index contributed by atoms with van der Waals surface area (Å²) >= 11 is 6.12. The molecule has 2 aromatic rings. The topological polar surface area (TPSA) is 76.0 Å². The maximum atomic E-state index is 6.12. The fourth-order valence-corrected chi connectivity index (χ4v) is 1.65. The van der Waals surface area contributed by atoms with E-state index in [0.717, 1.165) is 11.3 Å². The standard InChI is InChI=1S/C10H11ClN4O/c1-16-6-2-3-7(8(11)4-6)9-5-13-10(14-9)15-12/h2-5H,12H2,1H3,(H2,13,14,15). The summed E-state index contributed by atoms with van der Waals surface area (Å²) < 4.78 is 5.07. The van der Waals surface area contributed by atoms with Gasteiger partial charge in [0.2, 0.25) is 5.95 Å². The van der Waals surface area contributed by atoms with Gasteiger partial charge in [-0.2, -0.15) is 0 Å². The normalized spacial score (nSPS) is 10.2. The van der Waals surface area contributed by atoms with Gasteiger partial charge in [0.05, 0.1) is 24.0 Å². The van der Waals surface area contributed by atoms with Gasteiger partial charge in [-0.15, -0.1) is 0 Å². The van der Waals surface area contributed by atoms with Gasteiger partial charge in [-0.05, 0) is 18.2 Å². The first-order valence-electron chi connectivity index (χ1n) is 4.60. The summed E-state index contributed by atoms with van der Waals surface area (Å²) in [5, 5.41) is 0.589. The van der Waals surface area contributed by atoms with E-state index in [4.69, 9.17) is 22.2 Å². The molecule has 5 nitrogen and oxygen atoms in total. The minimum absolute atomic E-state index is 0.488. The number of ether oxygens (including phenoxy) is 1. The van der Waals surface area contributed by atoms with Crippen LogP contribution in [-0.4, -0.2) is 17.1 Å². The van der Waals surface area contributed by atoms with Crippen LogP contribution in [0.15, 0.2) is 24.4 Å². The lowest BCUT2D eigenvalue weighted by atomic mass is 10.1. The van der Waals surface area contributed by atoms with Gasteiger partial charge in [0.15, 0.2) is 0 Å². The SMILES string of the molecule is COc1ccc(-c2cnc(NN)[nH]2)c(Cl)c1.